The van der Waals surface area contributed by atoms with E-state index in [2.05, 4.69) is 4.98 Å². The Bertz CT molecular complexity index is 675. The number of aromatic nitrogens is 1. The van der Waals surface area contributed by atoms with Crippen LogP contribution in [-0.4, -0.2) is 29.3 Å². The third-order valence-electron chi connectivity index (χ3n) is 3.33. The molecule has 3 nitrogen and oxygen atoms in total. The van der Waals surface area contributed by atoms with Crippen molar-refractivity contribution in [2.45, 2.75) is 17.7 Å². The first kappa shape index (κ1) is 17.1. The summed E-state index contributed by atoms with van der Waals surface area (Å²) in [6, 6.07) is 7.87. The Labute approximate surface area is 128 Å². The summed E-state index contributed by atoms with van der Waals surface area (Å²) >= 11 is 0. The molecule has 2 rings (SSSR count). The van der Waals surface area contributed by atoms with Crippen molar-refractivity contribution in [3.63, 3.8) is 0 Å². The third-order valence-corrected chi connectivity index (χ3v) is 3.33. The van der Waals surface area contributed by atoms with Gasteiger partial charge >= 0.3 is 12.1 Å². The van der Waals surface area contributed by atoms with Crippen molar-refractivity contribution in [3.8, 4) is 5.75 Å². The number of ether oxygens (including phenoxy) is 1. The summed E-state index contributed by atoms with van der Waals surface area (Å²) in [4.78, 5) is 3.49. The first-order chi connectivity index (χ1) is 10.6. The van der Waals surface area contributed by atoms with Crippen LogP contribution in [0.3, 0.4) is 0 Å². The quantitative estimate of drug-likeness (QED) is 0.871. The lowest BCUT2D eigenvalue weighted by atomic mass is 9.83. The van der Waals surface area contributed by atoms with Crippen LogP contribution in [0.5, 0.6) is 5.75 Å². The summed E-state index contributed by atoms with van der Waals surface area (Å²) in [7, 11) is 1.22. The highest BCUT2D eigenvalue weighted by Crippen LogP contribution is 2.51. The molecular formula is C15H12F5NO2. The third kappa shape index (κ3) is 2.74. The van der Waals surface area contributed by atoms with Crippen molar-refractivity contribution in [2.75, 3.05) is 7.11 Å². The number of rotatable bonds is 4. The second kappa shape index (κ2) is 5.77. The summed E-state index contributed by atoms with van der Waals surface area (Å²) < 4.78 is 71.8. The number of hydrogen-bond donors (Lipinski definition) is 1. The largest absolute Gasteiger partial charge is 0.497 e. The maximum Gasteiger partial charge on any atom is 0.457 e. The number of halogens is 5. The van der Waals surface area contributed by atoms with Crippen LogP contribution in [0.25, 0.3) is 0 Å². The lowest BCUT2D eigenvalue weighted by Crippen LogP contribution is -2.56. The van der Waals surface area contributed by atoms with E-state index in [9.17, 15) is 27.1 Å². The lowest BCUT2D eigenvalue weighted by Gasteiger charge is -2.36. The summed E-state index contributed by atoms with van der Waals surface area (Å²) in [5, 5.41) is 10.4. The van der Waals surface area contributed by atoms with Crippen molar-refractivity contribution in [1.29, 1.82) is 0 Å². The van der Waals surface area contributed by atoms with Crippen molar-refractivity contribution >= 4 is 0 Å². The van der Waals surface area contributed by atoms with Gasteiger partial charge in [-0.3, -0.25) is 4.98 Å². The number of alkyl halides is 5. The van der Waals surface area contributed by atoms with Gasteiger partial charge in [0.25, 0.3) is 0 Å². The first-order valence-electron chi connectivity index (χ1n) is 6.37. The molecule has 1 aromatic carbocycles. The van der Waals surface area contributed by atoms with Crippen LogP contribution in [-0.2, 0) is 5.60 Å². The average Bonchev–Trinajstić information content (AvgIpc) is 2.53. The molecule has 124 valence electrons. The Balaban J connectivity index is 2.75. The van der Waals surface area contributed by atoms with Crippen LogP contribution in [0.2, 0.25) is 0 Å². The number of aliphatic hydroxyl groups is 1. The molecule has 0 radical (unpaired) electrons. The van der Waals surface area contributed by atoms with E-state index in [0.717, 1.165) is 24.4 Å². The average molecular weight is 333 g/mol. The van der Waals surface area contributed by atoms with E-state index in [1.807, 2.05) is 0 Å². The Morgan fingerprint density at radius 1 is 1.00 bits per heavy atom. The fraction of sp³-hybridized carbons (Fsp3) is 0.267. The highest BCUT2D eigenvalue weighted by molar-refractivity contribution is 5.40. The SMILES string of the molecule is COc1cccc(C(O)(c2ccccn2)C(F)(F)C(F)(F)F)c1. The summed E-state index contributed by atoms with van der Waals surface area (Å²) in [5.74, 6) is -5.45. The molecule has 0 saturated heterocycles. The first-order valence-corrected chi connectivity index (χ1v) is 6.37. The van der Waals surface area contributed by atoms with Crippen LogP contribution < -0.4 is 4.74 Å². The van der Waals surface area contributed by atoms with Gasteiger partial charge in [-0.2, -0.15) is 22.0 Å². The highest BCUT2D eigenvalue weighted by atomic mass is 19.4. The Morgan fingerprint density at radius 2 is 1.70 bits per heavy atom. The predicted molar refractivity (Wildman–Crippen MR) is 71.2 cm³/mol. The molecule has 1 unspecified atom stereocenters. The molecule has 1 atom stereocenters. The molecule has 23 heavy (non-hydrogen) atoms. The molecule has 1 heterocycles. The molecule has 0 bridgehead atoms. The Morgan fingerprint density at radius 3 is 2.22 bits per heavy atom. The van der Waals surface area contributed by atoms with Gasteiger partial charge in [0.2, 0.25) is 5.60 Å². The molecule has 1 aromatic heterocycles. The van der Waals surface area contributed by atoms with E-state index in [4.69, 9.17) is 4.74 Å². The maximum absolute atomic E-state index is 14.1. The molecule has 0 aliphatic rings. The smallest absolute Gasteiger partial charge is 0.457 e. The summed E-state index contributed by atoms with van der Waals surface area (Å²) in [6.07, 6.45) is -4.96. The molecule has 0 amide bonds. The van der Waals surface area contributed by atoms with Crippen molar-refractivity contribution in [3.05, 3.63) is 59.9 Å². The molecule has 0 saturated carbocycles. The van der Waals surface area contributed by atoms with Gasteiger partial charge < -0.3 is 9.84 Å². The Kier molecular flexibility index (Phi) is 4.30. The molecular weight excluding hydrogens is 321 g/mol. The second-order valence-electron chi connectivity index (χ2n) is 4.73. The van der Waals surface area contributed by atoms with Gasteiger partial charge in [-0.1, -0.05) is 18.2 Å². The zero-order valence-corrected chi connectivity index (χ0v) is 11.8. The highest BCUT2D eigenvalue weighted by Gasteiger charge is 2.71. The van der Waals surface area contributed by atoms with Gasteiger partial charge in [0.1, 0.15) is 5.75 Å². The molecule has 0 aliphatic carbocycles. The fourth-order valence-electron chi connectivity index (χ4n) is 2.12. The van der Waals surface area contributed by atoms with Crippen LogP contribution in [0, 0.1) is 0 Å². The molecule has 2 aromatic rings. The number of benzene rings is 1. The van der Waals surface area contributed by atoms with E-state index >= 15 is 0 Å². The molecule has 0 fully saturated rings. The minimum Gasteiger partial charge on any atom is -0.497 e. The van der Waals surface area contributed by atoms with Gasteiger partial charge in [0.05, 0.1) is 12.8 Å². The van der Waals surface area contributed by atoms with Crippen LogP contribution in [0.4, 0.5) is 22.0 Å². The molecule has 0 aliphatic heterocycles. The van der Waals surface area contributed by atoms with Gasteiger partial charge in [-0.15, -0.1) is 0 Å². The molecule has 0 spiro atoms. The van der Waals surface area contributed by atoms with E-state index in [0.29, 0.717) is 0 Å². The zero-order chi connectivity index (χ0) is 17.3. The standard InChI is InChI=1S/C15H12F5NO2/c1-23-11-6-4-5-10(9-11)13(22,12-7-2-3-8-21-12)14(16,17)15(18,19)20/h2-9,22H,1H3. The van der Waals surface area contributed by atoms with Crippen molar-refractivity contribution in [1.82, 2.24) is 4.98 Å². The van der Waals surface area contributed by atoms with Crippen molar-refractivity contribution < 1.29 is 31.8 Å². The maximum atomic E-state index is 14.1. The summed E-state index contributed by atoms with van der Waals surface area (Å²) in [5.41, 5.74) is -5.20. The minimum absolute atomic E-state index is 0.0230. The monoisotopic (exact) mass is 333 g/mol. The van der Waals surface area contributed by atoms with Crippen LogP contribution >= 0.6 is 0 Å². The number of methoxy groups -OCH3 is 1. The minimum atomic E-state index is -5.98. The number of nitrogens with zero attached hydrogens (tertiary/aromatic N) is 1. The van der Waals surface area contributed by atoms with E-state index in [-0.39, 0.29) is 5.75 Å². The van der Waals surface area contributed by atoms with E-state index in [1.54, 1.807) is 0 Å². The van der Waals surface area contributed by atoms with Gasteiger partial charge in [0.15, 0.2) is 0 Å². The molecule has 1 N–H and O–H groups in total. The van der Waals surface area contributed by atoms with Gasteiger partial charge in [-0.25, -0.2) is 0 Å². The van der Waals surface area contributed by atoms with Crippen LogP contribution in [0.15, 0.2) is 48.7 Å². The summed E-state index contributed by atoms with van der Waals surface area (Å²) in [6.45, 7) is 0. The topological polar surface area (TPSA) is 42.4 Å². The van der Waals surface area contributed by atoms with Crippen LogP contribution in [0.1, 0.15) is 11.3 Å². The van der Waals surface area contributed by atoms with E-state index < -0.39 is 29.0 Å². The number of pyridine rings is 1. The molecule has 8 heteroatoms. The second-order valence-corrected chi connectivity index (χ2v) is 4.73. The lowest BCUT2D eigenvalue weighted by molar-refractivity contribution is -0.337. The van der Waals surface area contributed by atoms with E-state index in [1.165, 1.54) is 31.4 Å². The fourth-order valence-corrected chi connectivity index (χ4v) is 2.12. The van der Waals surface area contributed by atoms with Gasteiger partial charge in [0, 0.05) is 6.20 Å². The van der Waals surface area contributed by atoms with Gasteiger partial charge in [-0.05, 0) is 29.8 Å². The number of hydrogen-bond acceptors (Lipinski definition) is 3. The van der Waals surface area contributed by atoms with Crippen molar-refractivity contribution in [2.24, 2.45) is 0 Å². The Hall–Kier alpha value is -2.22. The normalized spacial score (nSPS) is 15.1. The predicted octanol–water partition coefficient (Wildman–Crippen LogP) is 3.52. The zero-order valence-electron chi connectivity index (χ0n) is 11.8.